The van der Waals surface area contributed by atoms with Crippen LogP contribution in [0.4, 0.5) is 0 Å². The Hall–Kier alpha value is -2.63. The van der Waals surface area contributed by atoms with Crippen LogP contribution in [0.2, 0.25) is 0 Å². The number of nitrogens with one attached hydrogen (secondary N) is 1. The molecule has 2 heterocycles. The van der Waals surface area contributed by atoms with Crippen molar-refractivity contribution in [1.29, 1.82) is 0 Å². The van der Waals surface area contributed by atoms with Gasteiger partial charge in [0.25, 0.3) is 5.56 Å². The number of esters is 1. The monoisotopic (exact) mass is 289 g/mol. The fraction of sp³-hybridized carbons (Fsp3) is 0.267. The molecular formula is C15H15NO5. The predicted octanol–water partition coefficient (Wildman–Crippen LogP) is 1.94. The molecule has 0 atom stereocenters. The summed E-state index contributed by atoms with van der Waals surface area (Å²) in [4.78, 5) is 38.6. The van der Waals surface area contributed by atoms with Gasteiger partial charge in [-0.05, 0) is 25.5 Å². The van der Waals surface area contributed by atoms with Crippen molar-refractivity contribution in [2.45, 2.75) is 20.3 Å². The van der Waals surface area contributed by atoms with E-state index in [1.165, 1.54) is 24.7 Å². The molecule has 0 radical (unpaired) electrons. The Morgan fingerprint density at radius 2 is 2.05 bits per heavy atom. The van der Waals surface area contributed by atoms with Crippen LogP contribution in [0.3, 0.4) is 0 Å². The minimum atomic E-state index is -0.748. The Kier molecular flexibility index (Phi) is 4.37. The lowest BCUT2D eigenvalue weighted by molar-refractivity contribution is 0.0524. The first-order chi connectivity index (χ1) is 10.1. The summed E-state index contributed by atoms with van der Waals surface area (Å²) in [6.07, 6.45) is 3.16. The highest BCUT2D eigenvalue weighted by Gasteiger charge is 2.20. The fourth-order valence-electron chi connectivity index (χ4n) is 1.96. The topological polar surface area (TPSA) is 89.4 Å². The van der Waals surface area contributed by atoms with Crippen LogP contribution in [0.1, 0.15) is 45.8 Å². The smallest absolute Gasteiger partial charge is 0.343 e. The van der Waals surface area contributed by atoms with E-state index in [2.05, 4.69) is 4.98 Å². The van der Waals surface area contributed by atoms with Gasteiger partial charge in [0.15, 0.2) is 5.78 Å². The Bertz CT molecular complexity index is 712. The molecule has 6 heteroatoms. The second-order valence-electron chi connectivity index (χ2n) is 4.32. The minimum absolute atomic E-state index is 0.152. The number of hydrogen-bond acceptors (Lipinski definition) is 5. The second kappa shape index (κ2) is 6.21. The molecular weight excluding hydrogens is 274 g/mol. The van der Waals surface area contributed by atoms with E-state index in [1.807, 2.05) is 6.92 Å². The lowest BCUT2D eigenvalue weighted by Gasteiger charge is -2.08. The number of ketones is 1. The van der Waals surface area contributed by atoms with Crippen molar-refractivity contribution >= 4 is 11.8 Å². The van der Waals surface area contributed by atoms with Crippen molar-refractivity contribution in [2.75, 3.05) is 6.61 Å². The van der Waals surface area contributed by atoms with Gasteiger partial charge in [0.1, 0.15) is 11.8 Å². The van der Waals surface area contributed by atoms with E-state index in [0.29, 0.717) is 17.7 Å². The van der Waals surface area contributed by atoms with E-state index < -0.39 is 11.5 Å². The van der Waals surface area contributed by atoms with E-state index in [-0.39, 0.29) is 23.5 Å². The van der Waals surface area contributed by atoms with Crippen LogP contribution in [-0.2, 0) is 11.2 Å². The number of hydrogen-bond donors (Lipinski definition) is 1. The van der Waals surface area contributed by atoms with Gasteiger partial charge in [0.2, 0.25) is 0 Å². The average molecular weight is 289 g/mol. The quantitative estimate of drug-likeness (QED) is 0.671. The van der Waals surface area contributed by atoms with Crippen molar-refractivity contribution in [3.63, 3.8) is 0 Å². The minimum Gasteiger partial charge on any atom is -0.472 e. The molecule has 0 amide bonds. The van der Waals surface area contributed by atoms with E-state index in [0.717, 1.165) is 0 Å². The number of rotatable bonds is 5. The van der Waals surface area contributed by atoms with Crippen molar-refractivity contribution in [3.8, 4) is 0 Å². The Balaban J connectivity index is 2.53. The van der Waals surface area contributed by atoms with E-state index in [9.17, 15) is 14.4 Å². The van der Waals surface area contributed by atoms with Crippen LogP contribution >= 0.6 is 0 Å². The van der Waals surface area contributed by atoms with Crippen LogP contribution in [0.25, 0.3) is 0 Å². The first kappa shape index (κ1) is 14.8. The number of aromatic amines is 1. The number of carbonyl (C=O) groups excluding carboxylic acids is 2. The van der Waals surface area contributed by atoms with Crippen molar-refractivity contribution in [1.82, 2.24) is 4.98 Å². The third kappa shape index (κ3) is 2.94. The Labute approximate surface area is 120 Å². The highest BCUT2D eigenvalue weighted by Crippen LogP contribution is 2.14. The molecule has 0 saturated heterocycles. The van der Waals surface area contributed by atoms with Gasteiger partial charge >= 0.3 is 5.97 Å². The van der Waals surface area contributed by atoms with Gasteiger partial charge in [-0.3, -0.25) is 9.59 Å². The summed E-state index contributed by atoms with van der Waals surface area (Å²) in [5, 5.41) is 0. The van der Waals surface area contributed by atoms with Gasteiger partial charge in [0.05, 0.1) is 18.4 Å². The molecule has 0 fully saturated rings. The number of aromatic nitrogens is 1. The highest BCUT2D eigenvalue weighted by atomic mass is 16.5. The van der Waals surface area contributed by atoms with Crippen molar-refractivity contribution in [3.05, 3.63) is 57.4 Å². The molecule has 0 bridgehead atoms. The summed E-state index contributed by atoms with van der Waals surface area (Å²) < 4.78 is 9.71. The Morgan fingerprint density at radius 3 is 2.62 bits per heavy atom. The summed E-state index contributed by atoms with van der Waals surface area (Å²) >= 11 is 0. The molecule has 21 heavy (non-hydrogen) atoms. The molecule has 2 aromatic rings. The van der Waals surface area contributed by atoms with Gasteiger partial charge in [-0.15, -0.1) is 0 Å². The molecule has 2 aromatic heterocycles. The fourth-order valence-corrected chi connectivity index (χ4v) is 1.96. The van der Waals surface area contributed by atoms with Crippen molar-refractivity contribution in [2.24, 2.45) is 0 Å². The van der Waals surface area contributed by atoms with Crippen LogP contribution < -0.4 is 5.56 Å². The van der Waals surface area contributed by atoms with Gasteiger partial charge < -0.3 is 14.1 Å². The normalized spacial score (nSPS) is 10.4. The largest absolute Gasteiger partial charge is 0.472 e. The Morgan fingerprint density at radius 1 is 1.29 bits per heavy atom. The maximum atomic E-state index is 12.4. The SMILES string of the molecule is CCOC(=O)c1cc(C(=O)c2ccoc2)c(CC)[nH]c1=O. The highest BCUT2D eigenvalue weighted by molar-refractivity contribution is 6.10. The lowest BCUT2D eigenvalue weighted by Crippen LogP contribution is -2.23. The van der Waals surface area contributed by atoms with Gasteiger partial charge in [-0.1, -0.05) is 6.92 Å². The average Bonchev–Trinajstić information content (AvgIpc) is 3.00. The molecule has 6 nitrogen and oxygen atoms in total. The number of furan rings is 1. The molecule has 0 unspecified atom stereocenters. The third-order valence-corrected chi connectivity index (χ3v) is 3.00. The van der Waals surface area contributed by atoms with Crippen LogP contribution in [0.15, 0.2) is 33.9 Å². The summed E-state index contributed by atoms with van der Waals surface area (Å²) in [5.41, 5.74) is 0.349. The molecule has 1 N–H and O–H groups in total. The standard InChI is InChI=1S/C15H15NO5/c1-3-12-10(13(17)9-5-6-20-8-9)7-11(14(18)16-12)15(19)21-4-2/h5-8H,3-4H2,1-2H3,(H,16,18). The number of ether oxygens (including phenoxy) is 1. The molecule has 0 aliphatic heterocycles. The maximum absolute atomic E-state index is 12.4. The summed E-state index contributed by atoms with van der Waals surface area (Å²) in [5.74, 6) is -1.06. The molecule has 0 aliphatic rings. The molecule has 110 valence electrons. The first-order valence-corrected chi connectivity index (χ1v) is 6.58. The zero-order chi connectivity index (χ0) is 15.4. The number of carbonyl (C=O) groups is 2. The molecule has 2 rings (SSSR count). The number of aryl methyl sites for hydroxylation is 1. The summed E-state index contributed by atoms with van der Waals surface area (Å²) in [7, 11) is 0. The molecule has 0 saturated carbocycles. The van der Waals surface area contributed by atoms with E-state index in [1.54, 1.807) is 6.92 Å². The van der Waals surface area contributed by atoms with Gasteiger partial charge in [-0.25, -0.2) is 4.79 Å². The lowest BCUT2D eigenvalue weighted by atomic mass is 10.0. The van der Waals surface area contributed by atoms with Gasteiger partial charge in [0, 0.05) is 11.3 Å². The van der Waals surface area contributed by atoms with Crippen LogP contribution in [0.5, 0.6) is 0 Å². The zero-order valence-electron chi connectivity index (χ0n) is 11.8. The molecule has 0 aliphatic carbocycles. The number of pyridine rings is 1. The molecule has 0 spiro atoms. The van der Waals surface area contributed by atoms with E-state index in [4.69, 9.17) is 9.15 Å². The molecule has 0 aromatic carbocycles. The maximum Gasteiger partial charge on any atom is 0.343 e. The summed E-state index contributed by atoms with van der Waals surface area (Å²) in [6.45, 7) is 3.60. The van der Waals surface area contributed by atoms with Crippen LogP contribution in [-0.4, -0.2) is 23.3 Å². The zero-order valence-corrected chi connectivity index (χ0v) is 11.8. The van der Waals surface area contributed by atoms with E-state index >= 15 is 0 Å². The van der Waals surface area contributed by atoms with Crippen LogP contribution in [0, 0.1) is 0 Å². The third-order valence-electron chi connectivity index (χ3n) is 3.00. The first-order valence-electron chi connectivity index (χ1n) is 6.58. The second-order valence-corrected chi connectivity index (χ2v) is 4.32. The van der Waals surface area contributed by atoms with Crippen molar-refractivity contribution < 1.29 is 18.7 Å². The summed E-state index contributed by atoms with van der Waals surface area (Å²) in [6, 6.07) is 2.81. The predicted molar refractivity (Wildman–Crippen MR) is 74.5 cm³/mol. The van der Waals surface area contributed by atoms with Gasteiger partial charge in [-0.2, -0.15) is 0 Å². The number of H-pyrrole nitrogens is 1.